The zero-order valence-electron chi connectivity index (χ0n) is 12.3. The molecule has 2 N–H and O–H groups in total. The standard InChI is InChI=1S/C13H24N4O2S/c1-11-12(10-14-2)13(16-15-11)20(18,19)17-8-6-4-3-5-7-9-17/h14H,3-10H2,1-2H3,(H,15,16). The SMILES string of the molecule is CNCc1c(S(=O)(=O)N2CCCCCCC2)n[nH]c1C. The van der Waals surface area contributed by atoms with Crippen LogP contribution in [0.25, 0.3) is 0 Å². The molecule has 0 bridgehead atoms. The molecule has 1 saturated heterocycles. The molecule has 0 aromatic carbocycles. The second kappa shape index (κ2) is 6.69. The molecule has 114 valence electrons. The first-order valence-corrected chi connectivity index (χ1v) is 8.70. The third-order valence-corrected chi connectivity index (χ3v) is 5.66. The van der Waals surface area contributed by atoms with Gasteiger partial charge in [0.15, 0.2) is 5.03 Å². The van der Waals surface area contributed by atoms with Crippen LogP contribution in [-0.2, 0) is 16.6 Å². The molecule has 6 nitrogen and oxygen atoms in total. The molecular formula is C13H24N4O2S. The molecule has 2 rings (SSSR count). The lowest BCUT2D eigenvalue weighted by Gasteiger charge is -2.23. The zero-order valence-corrected chi connectivity index (χ0v) is 13.1. The van der Waals surface area contributed by atoms with E-state index in [4.69, 9.17) is 0 Å². The number of H-pyrrole nitrogens is 1. The van der Waals surface area contributed by atoms with Crippen molar-refractivity contribution in [2.45, 2.75) is 50.6 Å². The van der Waals surface area contributed by atoms with Crippen LogP contribution in [0.15, 0.2) is 5.03 Å². The molecule has 20 heavy (non-hydrogen) atoms. The Morgan fingerprint density at radius 1 is 1.20 bits per heavy atom. The van der Waals surface area contributed by atoms with Gasteiger partial charge in [-0.15, -0.1) is 0 Å². The number of hydrogen-bond donors (Lipinski definition) is 2. The minimum Gasteiger partial charge on any atom is -0.316 e. The summed E-state index contributed by atoms with van der Waals surface area (Å²) in [5.41, 5.74) is 1.56. The first-order chi connectivity index (χ1) is 9.57. The summed E-state index contributed by atoms with van der Waals surface area (Å²) >= 11 is 0. The van der Waals surface area contributed by atoms with Crippen molar-refractivity contribution in [2.24, 2.45) is 0 Å². The third-order valence-electron chi connectivity index (χ3n) is 3.79. The van der Waals surface area contributed by atoms with Crippen LogP contribution >= 0.6 is 0 Å². The maximum Gasteiger partial charge on any atom is 0.262 e. The van der Waals surface area contributed by atoms with E-state index in [1.165, 1.54) is 6.42 Å². The minimum absolute atomic E-state index is 0.185. The number of aromatic amines is 1. The summed E-state index contributed by atoms with van der Waals surface area (Å²) in [5, 5.41) is 10.0. The van der Waals surface area contributed by atoms with Crippen LogP contribution in [-0.4, -0.2) is 43.1 Å². The highest BCUT2D eigenvalue weighted by molar-refractivity contribution is 7.89. The molecule has 0 radical (unpaired) electrons. The monoisotopic (exact) mass is 300 g/mol. The Morgan fingerprint density at radius 3 is 2.40 bits per heavy atom. The molecule has 0 aliphatic carbocycles. The number of hydrogen-bond acceptors (Lipinski definition) is 4. The summed E-state index contributed by atoms with van der Waals surface area (Å²) in [5.74, 6) is 0. The van der Waals surface area contributed by atoms with E-state index in [1.54, 1.807) is 11.4 Å². The predicted molar refractivity (Wildman–Crippen MR) is 77.9 cm³/mol. The quantitative estimate of drug-likeness (QED) is 0.881. The maximum absolute atomic E-state index is 12.8. The number of aryl methyl sites for hydroxylation is 1. The molecule has 0 saturated carbocycles. The molecule has 0 amide bonds. The second-order valence-corrected chi connectivity index (χ2v) is 7.19. The topological polar surface area (TPSA) is 78.1 Å². The second-order valence-electron chi connectivity index (χ2n) is 5.33. The van der Waals surface area contributed by atoms with Crippen molar-refractivity contribution in [2.75, 3.05) is 20.1 Å². The van der Waals surface area contributed by atoms with Crippen molar-refractivity contribution in [1.29, 1.82) is 0 Å². The molecule has 1 aliphatic heterocycles. The minimum atomic E-state index is -3.48. The van der Waals surface area contributed by atoms with Crippen molar-refractivity contribution in [1.82, 2.24) is 19.8 Å². The van der Waals surface area contributed by atoms with E-state index in [-0.39, 0.29) is 5.03 Å². The summed E-state index contributed by atoms with van der Waals surface area (Å²) in [6, 6.07) is 0. The molecule has 1 aliphatic rings. The van der Waals surface area contributed by atoms with Gasteiger partial charge in [0.05, 0.1) is 0 Å². The molecule has 7 heteroatoms. The predicted octanol–water partition coefficient (Wildman–Crippen LogP) is 1.39. The van der Waals surface area contributed by atoms with Gasteiger partial charge in [-0.3, -0.25) is 5.10 Å². The average molecular weight is 300 g/mol. The Hall–Kier alpha value is -0.920. The van der Waals surface area contributed by atoms with Crippen LogP contribution in [0.3, 0.4) is 0 Å². The summed E-state index contributed by atoms with van der Waals surface area (Å²) in [7, 11) is -1.68. The van der Waals surface area contributed by atoms with Gasteiger partial charge in [-0.25, -0.2) is 8.42 Å². The van der Waals surface area contributed by atoms with Crippen molar-refractivity contribution in [3.8, 4) is 0 Å². The van der Waals surface area contributed by atoms with Gasteiger partial charge in [-0.2, -0.15) is 9.40 Å². The Kier molecular flexibility index (Phi) is 5.17. The fraction of sp³-hybridized carbons (Fsp3) is 0.769. The van der Waals surface area contributed by atoms with E-state index >= 15 is 0 Å². The lowest BCUT2D eigenvalue weighted by molar-refractivity contribution is 0.362. The highest BCUT2D eigenvalue weighted by atomic mass is 32.2. The van der Waals surface area contributed by atoms with Gasteiger partial charge in [0.25, 0.3) is 10.0 Å². The van der Waals surface area contributed by atoms with Gasteiger partial charge < -0.3 is 5.32 Å². The van der Waals surface area contributed by atoms with Gasteiger partial charge in [-0.05, 0) is 26.8 Å². The van der Waals surface area contributed by atoms with Crippen molar-refractivity contribution in [3.63, 3.8) is 0 Å². The summed E-state index contributed by atoms with van der Waals surface area (Å²) in [6.07, 6.45) is 5.29. The lowest BCUT2D eigenvalue weighted by atomic mass is 10.1. The molecule has 2 heterocycles. The summed E-state index contributed by atoms with van der Waals surface area (Å²) in [4.78, 5) is 0. The highest BCUT2D eigenvalue weighted by Crippen LogP contribution is 2.23. The van der Waals surface area contributed by atoms with Crippen LogP contribution in [0, 0.1) is 6.92 Å². The zero-order chi connectivity index (χ0) is 14.6. The van der Waals surface area contributed by atoms with E-state index in [0.29, 0.717) is 19.6 Å². The first kappa shape index (κ1) is 15.5. The Morgan fingerprint density at radius 2 is 1.80 bits per heavy atom. The molecule has 0 spiro atoms. The average Bonchev–Trinajstić information content (AvgIpc) is 2.71. The fourth-order valence-corrected chi connectivity index (χ4v) is 4.29. The van der Waals surface area contributed by atoms with Gasteiger partial charge in [0.2, 0.25) is 0 Å². The molecule has 0 unspecified atom stereocenters. The van der Waals surface area contributed by atoms with Crippen LogP contribution in [0.5, 0.6) is 0 Å². The fourth-order valence-electron chi connectivity index (χ4n) is 2.61. The normalized spacial score (nSPS) is 18.7. The van der Waals surface area contributed by atoms with Gasteiger partial charge >= 0.3 is 0 Å². The third kappa shape index (κ3) is 3.21. The van der Waals surface area contributed by atoms with E-state index in [9.17, 15) is 8.42 Å². The number of rotatable bonds is 4. The lowest BCUT2D eigenvalue weighted by Crippen LogP contribution is -2.34. The Bertz CT molecular complexity index is 531. The highest BCUT2D eigenvalue weighted by Gasteiger charge is 2.30. The number of sulfonamides is 1. The van der Waals surface area contributed by atoms with E-state index in [0.717, 1.165) is 36.9 Å². The Balaban J connectivity index is 2.28. The first-order valence-electron chi connectivity index (χ1n) is 7.26. The van der Waals surface area contributed by atoms with Gasteiger partial charge in [-0.1, -0.05) is 19.3 Å². The van der Waals surface area contributed by atoms with Gasteiger partial charge in [0, 0.05) is 30.9 Å². The Labute approximate surface area is 121 Å². The van der Waals surface area contributed by atoms with E-state index in [2.05, 4.69) is 15.5 Å². The van der Waals surface area contributed by atoms with E-state index in [1.807, 2.05) is 6.92 Å². The van der Waals surface area contributed by atoms with Crippen molar-refractivity contribution in [3.05, 3.63) is 11.3 Å². The smallest absolute Gasteiger partial charge is 0.262 e. The number of nitrogens with one attached hydrogen (secondary N) is 2. The van der Waals surface area contributed by atoms with Gasteiger partial charge in [0.1, 0.15) is 0 Å². The largest absolute Gasteiger partial charge is 0.316 e. The van der Waals surface area contributed by atoms with Crippen LogP contribution in [0.4, 0.5) is 0 Å². The van der Waals surface area contributed by atoms with Crippen LogP contribution in [0.1, 0.15) is 43.4 Å². The molecule has 0 atom stereocenters. The van der Waals surface area contributed by atoms with Crippen LogP contribution in [0.2, 0.25) is 0 Å². The van der Waals surface area contributed by atoms with E-state index < -0.39 is 10.0 Å². The van der Waals surface area contributed by atoms with Crippen LogP contribution < -0.4 is 5.32 Å². The molecule has 1 aromatic heterocycles. The van der Waals surface area contributed by atoms with Crippen molar-refractivity contribution < 1.29 is 8.42 Å². The summed E-state index contributed by atoms with van der Waals surface area (Å²) in [6.45, 7) is 3.57. The molecule has 1 aromatic rings. The van der Waals surface area contributed by atoms with Crippen molar-refractivity contribution >= 4 is 10.0 Å². The summed E-state index contributed by atoms with van der Waals surface area (Å²) < 4.78 is 27.2. The molecule has 1 fully saturated rings. The maximum atomic E-state index is 12.8. The number of aromatic nitrogens is 2. The molecular weight excluding hydrogens is 276 g/mol. The number of nitrogens with zero attached hydrogens (tertiary/aromatic N) is 2.